The van der Waals surface area contributed by atoms with Crippen molar-refractivity contribution in [3.05, 3.63) is 12.8 Å². The summed E-state index contributed by atoms with van der Waals surface area (Å²) in [7, 11) is 1.64. The topological polar surface area (TPSA) is 24.7 Å². The molecule has 2 nitrogen and oxygen atoms in total. The molecule has 0 aliphatic carbocycles. The van der Waals surface area contributed by atoms with Crippen LogP contribution in [-0.2, 0) is 0 Å². The average Bonchev–Trinajstić information content (AvgIpc) is 2.27. The van der Waals surface area contributed by atoms with Gasteiger partial charge in [0.05, 0.1) is 0 Å². The van der Waals surface area contributed by atoms with Gasteiger partial charge in [-0.05, 0) is 13.4 Å². The molecule has 0 aliphatic heterocycles. The minimum atomic E-state index is 1.39. The Hall–Kier alpha value is -0.920. The van der Waals surface area contributed by atoms with Crippen LogP contribution < -0.4 is 0 Å². The summed E-state index contributed by atoms with van der Waals surface area (Å²) in [5, 5.41) is 0. The lowest BCUT2D eigenvalue weighted by Gasteiger charge is -1.48. The zero-order chi connectivity index (χ0) is 12.1. The predicted molar refractivity (Wildman–Crippen MR) is 69.3 cm³/mol. The SMILES string of the molecule is C=CN=C.C=NC.CC.CC.CC. The zero-order valence-electron chi connectivity index (χ0n) is 10.6. The van der Waals surface area contributed by atoms with Crippen molar-refractivity contribution in [3.63, 3.8) is 0 Å². The van der Waals surface area contributed by atoms with Crippen LogP contribution in [0.15, 0.2) is 22.8 Å². The first-order valence-electron chi connectivity index (χ1n) is 4.75. The van der Waals surface area contributed by atoms with Crippen LogP contribution in [0.1, 0.15) is 41.5 Å². The Morgan fingerprint density at radius 2 is 0.923 bits per heavy atom. The summed E-state index contributed by atoms with van der Waals surface area (Å²) in [6.07, 6.45) is 1.39. The van der Waals surface area contributed by atoms with E-state index in [1.807, 2.05) is 41.5 Å². The Labute approximate surface area is 85.5 Å². The van der Waals surface area contributed by atoms with Crippen LogP contribution in [0.2, 0.25) is 0 Å². The van der Waals surface area contributed by atoms with Crippen molar-refractivity contribution >= 4 is 13.4 Å². The van der Waals surface area contributed by atoms with Crippen molar-refractivity contribution in [2.75, 3.05) is 7.05 Å². The van der Waals surface area contributed by atoms with Crippen LogP contribution in [-0.4, -0.2) is 20.5 Å². The molecule has 0 radical (unpaired) electrons. The Bertz CT molecular complexity index is 53.1. The maximum atomic E-state index is 3.25. The molecule has 0 heterocycles. The maximum Gasteiger partial charge on any atom is 0.0269 e. The number of nitrogens with zero attached hydrogens (tertiary/aromatic N) is 2. The first kappa shape index (κ1) is 29.6. The van der Waals surface area contributed by atoms with E-state index in [0.29, 0.717) is 0 Å². The highest BCUT2D eigenvalue weighted by atomic mass is 14.6. The van der Waals surface area contributed by atoms with Gasteiger partial charge in [0.25, 0.3) is 0 Å². The average molecular weight is 188 g/mol. The van der Waals surface area contributed by atoms with Gasteiger partial charge in [-0.15, -0.1) is 0 Å². The lowest BCUT2D eigenvalue weighted by molar-refractivity contribution is 1.49. The van der Waals surface area contributed by atoms with Gasteiger partial charge in [0, 0.05) is 13.2 Å². The van der Waals surface area contributed by atoms with E-state index >= 15 is 0 Å². The summed E-state index contributed by atoms with van der Waals surface area (Å²) in [5.74, 6) is 0. The van der Waals surface area contributed by atoms with Gasteiger partial charge >= 0.3 is 0 Å². The van der Waals surface area contributed by atoms with Crippen LogP contribution in [0.4, 0.5) is 0 Å². The van der Waals surface area contributed by atoms with Crippen LogP contribution in [0, 0.1) is 0 Å². The molecule has 0 amide bonds. The van der Waals surface area contributed by atoms with E-state index in [2.05, 4.69) is 30.0 Å². The van der Waals surface area contributed by atoms with E-state index in [1.165, 1.54) is 6.20 Å². The Kier molecular flexibility index (Phi) is 592. The van der Waals surface area contributed by atoms with Crippen molar-refractivity contribution in [1.82, 2.24) is 0 Å². The fraction of sp³-hybridized carbons (Fsp3) is 0.636. The molecule has 0 aromatic carbocycles. The van der Waals surface area contributed by atoms with E-state index in [-0.39, 0.29) is 0 Å². The number of rotatable bonds is 1. The predicted octanol–water partition coefficient (Wildman–Crippen LogP) is 4.23. The quantitative estimate of drug-likeness (QED) is 0.550. The third-order valence-electron chi connectivity index (χ3n) is 0.129. The molecule has 0 saturated heterocycles. The van der Waals surface area contributed by atoms with Gasteiger partial charge in [0.1, 0.15) is 0 Å². The smallest absolute Gasteiger partial charge is 0.0269 e. The fourth-order valence-electron chi connectivity index (χ4n) is 0. The highest BCUT2D eigenvalue weighted by Gasteiger charge is 1.27. The molecule has 0 aliphatic rings. The molecule has 82 valence electrons. The van der Waals surface area contributed by atoms with Crippen LogP contribution in [0.25, 0.3) is 0 Å². The molecule has 13 heavy (non-hydrogen) atoms. The molecule has 2 heteroatoms. The van der Waals surface area contributed by atoms with E-state index in [9.17, 15) is 0 Å². The minimum Gasteiger partial charge on any atom is -0.304 e. The summed E-state index contributed by atoms with van der Waals surface area (Å²) < 4.78 is 0. The van der Waals surface area contributed by atoms with Crippen molar-refractivity contribution in [2.45, 2.75) is 41.5 Å². The highest BCUT2D eigenvalue weighted by molar-refractivity contribution is 5.24. The zero-order valence-corrected chi connectivity index (χ0v) is 10.6. The van der Waals surface area contributed by atoms with Crippen LogP contribution in [0.5, 0.6) is 0 Å². The lowest BCUT2D eigenvalue weighted by atomic mass is 11.0. The number of aliphatic imine (C=N–C) groups is 2. The molecule has 0 N–H and O–H groups in total. The Balaban J connectivity index is -0.0000000215. The monoisotopic (exact) mass is 188 g/mol. The van der Waals surface area contributed by atoms with Crippen molar-refractivity contribution in [2.24, 2.45) is 9.98 Å². The number of hydrogen-bond acceptors (Lipinski definition) is 2. The molecule has 0 unspecified atom stereocenters. The summed E-state index contributed by atoms with van der Waals surface area (Å²) in [4.78, 5) is 6.50. The molecule has 0 fully saturated rings. The minimum absolute atomic E-state index is 1.39. The summed E-state index contributed by atoms with van der Waals surface area (Å²) >= 11 is 0. The van der Waals surface area contributed by atoms with Crippen molar-refractivity contribution in [1.29, 1.82) is 0 Å². The van der Waals surface area contributed by atoms with E-state index in [4.69, 9.17) is 0 Å². The maximum absolute atomic E-state index is 3.25. The largest absolute Gasteiger partial charge is 0.304 e. The molecule has 0 atom stereocenters. The first-order chi connectivity index (χ1) is 6.33. The molecule has 0 rings (SSSR count). The summed E-state index contributed by atoms with van der Waals surface area (Å²) in [6, 6.07) is 0. The van der Waals surface area contributed by atoms with Gasteiger partial charge in [-0.25, -0.2) is 0 Å². The molecule has 0 aromatic rings. The second-order valence-corrected chi connectivity index (χ2v) is 0.681. The molecular formula is C11H28N2. The third-order valence-corrected chi connectivity index (χ3v) is 0.129. The molecule has 0 aromatic heterocycles. The highest BCUT2D eigenvalue weighted by Crippen LogP contribution is 1.50. The lowest BCUT2D eigenvalue weighted by Crippen LogP contribution is -1.26. The summed E-state index contributed by atoms with van der Waals surface area (Å²) in [5.41, 5.74) is 0. The summed E-state index contributed by atoms with van der Waals surface area (Å²) in [6.45, 7) is 21.5. The van der Waals surface area contributed by atoms with Gasteiger partial charge in [-0.2, -0.15) is 0 Å². The molecule has 0 saturated carbocycles. The van der Waals surface area contributed by atoms with Gasteiger partial charge in [0.15, 0.2) is 0 Å². The van der Waals surface area contributed by atoms with Gasteiger partial charge in [0.2, 0.25) is 0 Å². The normalized spacial score (nSPS) is 3.92. The Morgan fingerprint density at radius 3 is 0.923 bits per heavy atom. The Morgan fingerprint density at radius 1 is 0.846 bits per heavy atom. The van der Waals surface area contributed by atoms with E-state index in [1.54, 1.807) is 7.05 Å². The fourth-order valence-corrected chi connectivity index (χ4v) is 0. The third kappa shape index (κ3) is 143000. The number of hydrogen-bond donors (Lipinski definition) is 0. The van der Waals surface area contributed by atoms with Crippen molar-refractivity contribution in [3.8, 4) is 0 Å². The van der Waals surface area contributed by atoms with Gasteiger partial charge in [-0.1, -0.05) is 48.1 Å². The standard InChI is InChI=1S/C3H5N.C2H5N.3C2H6/c1-3-4-2;1-3-2;3*1-2/h3H,1-2H2;1H2,2H3;3*1-2H3. The van der Waals surface area contributed by atoms with Crippen LogP contribution in [0.3, 0.4) is 0 Å². The second kappa shape index (κ2) is 260. The first-order valence-corrected chi connectivity index (χ1v) is 4.75. The van der Waals surface area contributed by atoms with E-state index in [0.717, 1.165) is 0 Å². The van der Waals surface area contributed by atoms with Gasteiger partial charge in [-0.3, -0.25) is 4.99 Å². The molecule has 0 spiro atoms. The molecular weight excluding hydrogens is 160 g/mol. The second-order valence-electron chi connectivity index (χ2n) is 0.681. The van der Waals surface area contributed by atoms with Gasteiger partial charge < -0.3 is 4.99 Å². The molecule has 0 bridgehead atoms. The van der Waals surface area contributed by atoms with E-state index < -0.39 is 0 Å². The van der Waals surface area contributed by atoms with Crippen molar-refractivity contribution < 1.29 is 0 Å². The van der Waals surface area contributed by atoms with Crippen LogP contribution >= 0.6 is 0 Å².